The number of hydrogen-bond donors (Lipinski definition) is 2. The van der Waals surface area contributed by atoms with Crippen LogP contribution in [0.3, 0.4) is 0 Å². The van der Waals surface area contributed by atoms with Gasteiger partial charge in [-0.1, -0.05) is 5.16 Å². The fourth-order valence-corrected chi connectivity index (χ4v) is 1.93. The van der Waals surface area contributed by atoms with Gasteiger partial charge in [0.2, 0.25) is 0 Å². The molecule has 7 heteroatoms. The van der Waals surface area contributed by atoms with Crippen molar-refractivity contribution < 1.29 is 18.7 Å². The molecule has 2 rings (SSSR count). The zero-order valence-corrected chi connectivity index (χ0v) is 11.6. The molecule has 0 aromatic heterocycles. The lowest BCUT2D eigenvalue weighted by atomic mass is 10.2. The van der Waals surface area contributed by atoms with E-state index in [2.05, 4.69) is 21.1 Å². The first-order valence-electron chi connectivity index (χ1n) is 5.41. The maximum Gasteiger partial charge on any atom is 0.170 e. The van der Waals surface area contributed by atoms with E-state index in [0.717, 1.165) is 12.1 Å². The van der Waals surface area contributed by atoms with Crippen molar-refractivity contribution in [3.63, 3.8) is 0 Å². The van der Waals surface area contributed by atoms with Crippen molar-refractivity contribution in [3.05, 3.63) is 58.1 Å². The minimum Gasteiger partial charge on any atom is -0.456 e. The zero-order chi connectivity index (χ0) is 14.7. The lowest BCUT2D eigenvalue weighted by molar-refractivity contribution is 0.318. The van der Waals surface area contributed by atoms with E-state index in [4.69, 9.17) is 15.7 Å². The third-order valence-electron chi connectivity index (χ3n) is 2.45. The molecule has 0 aliphatic heterocycles. The van der Waals surface area contributed by atoms with Gasteiger partial charge in [-0.25, -0.2) is 8.78 Å². The second-order valence-electron chi connectivity index (χ2n) is 3.81. The SMILES string of the molecule is N/C(=N/O)c1ccc(Oc2ccc(F)c(F)c2)c(Br)c1. The van der Waals surface area contributed by atoms with Crippen molar-refractivity contribution in [2.45, 2.75) is 0 Å². The predicted molar refractivity (Wildman–Crippen MR) is 73.1 cm³/mol. The Hall–Kier alpha value is -2.15. The lowest BCUT2D eigenvalue weighted by Gasteiger charge is -2.09. The second-order valence-corrected chi connectivity index (χ2v) is 4.66. The molecule has 2 aromatic carbocycles. The summed E-state index contributed by atoms with van der Waals surface area (Å²) in [6.45, 7) is 0. The van der Waals surface area contributed by atoms with Crippen LogP contribution in [0.15, 0.2) is 46.0 Å². The van der Waals surface area contributed by atoms with Crippen LogP contribution in [-0.4, -0.2) is 11.0 Å². The first-order chi connectivity index (χ1) is 9.51. The van der Waals surface area contributed by atoms with Crippen LogP contribution >= 0.6 is 15.9 Å². The Balaban J connectivity index is 2.28. The molecule has 104 valence electrons. The lowest BCUT2D eigenvalue weighted by Crippen LogP contribution is -2.12. The highest BCUT2D eigenvalue weighted by atomic mass is 79.9. The van der Waals surface area contributed by atoms with Crippen LogP contribution in [0.25, 0.3) is 0 Å². The van der Waals surface area contributed by atoms with E-state index in [9.17, 15) is 8.78 Å². The molecular weight excluding hydrogens is 334 g/mol. The Bertz CT molecular complexity index is 677. The van der Waals surface area contributed by atoms with Crippen molar-refractivity contribution in [3.8, 4) is 11.5 Å². The summed E-state index contributed by atoms with van der Waals surface area (Å²) in [4.78, 5) is 0. The Labute approximate surface area is 121 Å². The molecule has 0 atom stereocenters. The van der Waals surface area contributed by atoms with E-state index < -0.39 is 11.6 Å². The van der Waals surface area contributed by atoms with Crippen LogP contribution in [0, 0.1) is 11.6 Å². The van der Waals surface area contributed by atoms with E-state index in [-0.39, 0.29) is 11.6 Å². The van der Waals surface area contributed by atoms with Gasteiger partial charge in [0.15, 0.2) is 17.5 Å². The summed E-state index contributed by atoms with van der Waals surface area (Å²) < 4.78 is 31.8. The molecular formula is C13H9BrF2N2O2. The Kier molecular flexibility index (Phi) is 4.19. The molecule has 0 aliphatic rings. The fraction of sp³-hybridized carbons (Fsp3) is 0. The number of amidine groups is 1. The van der Waals surface area contributed by atoms with Gasteiger partial charge in [-0.3, -0.25) is 0 Å². The standard InChI is InChI=1S/C13H9BrF2N2O2/c14-9-5-7(13(17)18-19)1-4-12(9)20-8-2-3-10(15)11(16)6-8/h1-6,19H,(H2,17,18). The van der Waals surface area contributed by atoms with E-state index in [0.29, 0.717) is 15.8 Å². The maximum absolute atomic E-state index is 13.1. The van der Waals surface area contributed by atoms with Gasteiger partial charge >= 0.3 is 0 Å². The zero-order valence-electron chi connectivity index (χ0n) is 9.98. The summed E-state index contributed by atoms with van der Waals surface area (Å²) in [5, 5.41) is 11.5. The second kappa shape index (κ2) is 5.87. The molecule has 0 saturated carbocycles. The topological polar surface area (TPSA) is 67.8 Å². The van der Waals surface area contributed by atoms with Crippen LogP contribution in [0.4, 0.5) is 8.78 Å². The molecule has 0 heterocycles. The Morgan fingerprint density at radius 1 is 1.15 bits per heavy atom. The van der Waals surface area contributed by atoms with Gasteiger partial charge in [0, 0.05) is 11.6 Å². The highest BCUT2D eigenvalue weighted by Crippen LogP contribution is 2.31. The van der Waals surface area contributed by atoms with Crippen LogP contribution in [0.1, 0.15) is 5.56 Å². The molecule has 4 nitrogen and oxygen atoms in total. The van der Waals surface area contributed by atoms with Crippen molar-refractivity contribution >= 4 is 21.8 Å². The van der Waals surface area contributed by atoms with Crippen molar-refractivity contribution in [2.75, 3.05) is 0 Å². The van der Waals surface area contributed by atoms with Gasteiger partial charge < -0.3 is 15.7 Å². The highest BCUT2D eigenvalue weighted by Gasteiger charge is 2.09. The van der Waals surface area contributed by atoms with Crippen molar-refractivity contribution in [2.24, 2.45) is 10.9 Å². The number of oxime groups is 1. The number of rotatable bonds is 3. The fourth-order valence-electron chi connectivity index (χ4n) is 1.47. The van der Waals surface area contributed by atoms with Crippen LogP contribution < -0.4 is 10.5 Å². The van der Waals surface area contributed by atoms with Gasteiger partial charge in [0.1, 0.15) is 11.5 Å². The quantitative estimate of drug-likeness (QED) is 0.387. The van der Waals surface area contributed by atoms with Gasteiger partial charge in [-0.15, -0.1) is 0 Å². The van der Waals surface area contributed by atoms with Crippen LogP contribution in [0.5, 0.6) is 11.5 Å². The smallest absolute Gasteiger partial charge is 0.170 e. The minimum atomic E-state index is -0.994. The number of hydrogen-bond acceptors (Lipinski definition) is 3. The van der Waals surface area contributed by atoms with E-state index in [1.165, 1.54) is 6.07 Å². The third-order valence-corrected chi connectivity index (χ3v) is 3.07. The Morgan fingerprint density at radius 3 is 2.50 bits per heavy atom. The molecule has 0 bridgehead atoms. The summed E-state index contributed by atoms with van der Waals surface area (Å²) >= 11 is 3.25. The molecule has 0 fully saturated rings. The molecule has 0 amide bonds. The van der Waals surface area contributed by atoms with Gasteiger partial charge in [0.05, 0.1) is 4.47 Å². The number of nitrogens with two attached hydrogens (primary N) is 1. The predicted octanol–water partition coefficient (Wildman–Crippen LogP) is 3.61. The number of ether oxygens (including phenoxy) is 1. The third kappa shape index (κ3) is 3.05. The minimum absolute atomic E-state index is 0.0509. The molecule has 0 radical (unpaired) electrons. The molecule has 0 spiro atoms. The van der Waals surface area contributed by atoms with E-state index >= 15 is 0 Å². The van der Waals surface area contributed by atoms with E-state index in [1.807, 2.05) is 0 Å². The van der Waals surface area contributed by atoms with Gasteiger partial charge in [-0.05, 0) is 46.3 Å². The molecule has 20 heavy (non-hydrogen) atoms. The monoisotopic (exact) mass is 342 g/mol. The molecule has 2 aromatic rings. The van der Waals surface area contributed by atoms with E-state index in [1.54, 1.807) is 18.2 Å². The maximum atomic E-state index is 13.1. The summed E-state index contributed by atoms with van der Waals surface area (Å²) in [6.07, 6.45) is 0. The number of nitrogens with zero attached hydrogens (tertiary/aromatic N) is 1. The summed E-state index contributed by atoms with van der Waals surface area (Å²) in [5.74, 6) is -1.46. The van der Waals surface area contributed by atoms with Gasteiger partial charge in [-0.2, -0.15) is 0 Å². The summed E-state index contributed by atoms with van der Waals surface area (Å²) in [5.41, 5.74) is 5.93. The first kappa shape index (κ1) is 14.3. The average Bonchev–Trinajstić information content (AvgIpc) is 2.44. The van der Waals surface area contributed by atoms with Gasteiger partial charge in [0.25, 0.3) is 0 Å². The normalized spacial score (nSPS) is 11.4. The Morgan fingerprint density at radius 2 is 1.90 bits per heavy atom. The van der Waals surface area contributed by atoms with Crippen LogP contribution in [-0.2, 0) is 0 Å². The molecule has 0 unspecified atom stereocenters. The largest absolute Gasteiger partial charge is 0.456 e. The average molecular weight is 343 g/mol. The number of benzene rings is 2. The molecule has 0 aliphatic carbocycles. The van der Waals surface area contributed by atoms with Crippen molar-refractivity contribution in [1.29, 1.82) is 0 Å². The molecule has 0 saturated heterocycles. The highest BCUT2D eigenvalue weighted by molar-refractivity contribution is 9.10. The summed E-state index contributed by atoms with van der Waals surface area (Å²) in [7, 11) is 0. The van der Waals surface area contributed by atoms with Crippen molar-refractivity contribution in [1.82, 2.24) is 0 Å². The number of halogens is 3. The summed E-state index contributed by atoms with van der Waals surface area (Å²) in [6, 6.07) is 7.92. The molecule has 3 N–H and O–H groups in total. The first-order valence-corrected chi connectivity index (χ1v) is 6.21. The van der Waals surface area contributed by atoms with Crippen LogP contribution in [0.2, 0.25) is 0 Å².